The molecule has 7 heteroatoms. The quantitative estimate of drug-likeness (QED) is 0.914. The number of ether oxygens (including phenoxy) is 1. The summed E-state index contributed by atoms with van der Waals surface area (Å²) < 4.78 is 31.6. The van der Waals surface area contributed by atoms with Crippen LogP contribution in [0.3, 0.4) is 0 Å². The zero-order valence-corrected chi connectivity index (χ0v) is 13.9. The molecule has 2 unspecified atom stereocenters. The van der Waals surface area contributed by atoms with Crippen molar-refractivity contribution in [1.29, 1.82) is 0 Å². The highest BCUT2D eigenvalue weighted by Crippen LogP contribution is 2.21. The number of carbonyl (C=O) groups excluding carboxylic acids is 1. The molecule has 1 aromatic rings. The molecular formula is C15H22N2O4S. The maximum absolute atomic E-state index is 12.7. The molecule has 1 heterocycles. The van der Waals surface area contributed by atoms with Gasteiger partial charge in [0.2, 0.25) is 10.0 Å². The van der Waals surface area contributed by atoms with Gasteiger partial charge in [0, 0.05) is 13.1 Å². The summed E-state index contributed by atoms with van der Waals surface area (Å²) in [5, 5.41) is 0. The maximum Gasteiger partial charge on any atom is 0.256 e. The van der Waals surface area contributed by atoms with Crippen LogP contribution in [0.4, 0.5) is 5.69 Å². The Morgan fingerprint density at radius 2 is 1.86 bits per heavy atom. The van der Waals surface area contributed by atoms with Crippen LogP contribution in [0.2, 0.25) is 0 Å². The number of hydrogen-bond acceptors (Lipinski definition) is 4. The summed E-state index contributed by atoms with van der Waals surface area (Å²) in [5.41, 5.74) is 0.682. The minimum atomic E-state index is -3.43. The fourth-order valence-corrected chi connectivity index (χ4v) is 3.17. The van der Waals surface area contributed by atoms with E-state index < -0.39 is 10.0 Å². The van der Waals surface area contributed by atoms with E-state index in [1.165, 1.54) is 0 Å². The van der Waals surface area contributed by atoms with Gasteiger partial charge in [-0.2, -0.15) is 0 Å². The van der Waals surface area contributed by atoms with Crippen molar-refractivity contribution in [2.75, 3.05) is 23.6 Å². The average Bonchev–Trinajstić information content (AvgIpc) is 2.46. The molecule has 1 saturated heterocycles. The molecule has 0 spiro atoms. The molecule has 0 aromatic heterocycles. The number of sulfonamides is 1. The topological polar surface area (TPSA) is 75.7 Å². The molecule has 0 saturated carbocycles. The standard InChI is InChI=1S/C15H22N2O4S/c1-4-22(19,20)16-14-8-6-5-7-13(14)15(18)17-9-11(2)21-12(3)10-17/h5-8,11-12,16H,4,9-10H2,1-3H3. The van der Waals surface area contributed by atoms with Crippen LogP contribution >= 0.6 is 0 Å². The molecule has 1 N–H and O–H groups in total. The number of carbonyl (C=O) groups is 1. The fraction of sp³-hybridized carbons (Fsp3) is 0.533. The van der Waals surface area contributed by atoms with Gasteiger partial charge in [-0.25, -0.2) is 8.42 Å². The lowest BCUT2D eigenvalue weighted by molar-refractivity contribution is -0.0585. The van der Waals surface area contributed by atoms with Crippen LogP contribution in [0, 0.1) is 0 Å². The van der Waals surface area contributed by atoms with Crippen LogP contribution < -0.4 is 4.72 Å². The summed E-state index contributed by atoms with van der Waals surface area (Å²) in [5.74, 6) is -0.224. The van der Waals surface area contributed by atoms with E-state index in [-0.39, 0.29) is 23.9 Å². The van der Waals surface area contributed by atoms with E-state index in [9.17, 15) is 13.2 Å². The second kappa shape index (κ2) is 6.66. The SMILES string of the molecule is CCS(=O)(=O)Nc1ccccc1C(=O)N1CC(C)OC(C)C1. The average molecular weight is 326 g/mol. The summed E-state index contributed by atoms with van der Waals surface area (Å²) in [6, 6.07) is 6.67. The lowest BCUT2D eigenvalue weighted by atomic mass is 10.1. The molecule has 1 aromatic carbocycles. The maximum atomic E-state index is 12.7. The highest BCUT2D eigenvalue weighted by molar-refractivity contribution is 7.92. The Labute approximate surface area is 131 Å². The summed E-state index contributed by atoms with van der Waals surface area (Å²) in [6.07, 6.45) is -0.0700. The molecule has 0 radical (unpaired) electrons. The number of para-hydroxylation sites is 1. The largest absolute Gasteiger partial charge is 0.372 e. The Bertz CT molecular complexity index is 635. The van der Waals surface area contributed by atoms with Crippen molar-refractivity contribution in [1.82, 2.24) is 4.90 Å². The van der Waals surface area contributed by atoms with E-state index >= 15 is 0 Å². The van der Waals surface area contributed by atoms with E-state index in [0.29, 0.717) is 24.3 Å². The van der Waals surface area contributed by atoms with Crippen molar-refractivity contribution >= 4 is 21.6 Å². The van der Waals surface area contributed by atoms with Crippen molar-refractivity contribution in [2.45, 2.75) is 33.0 Å². The second-order valence-electron chi connectivity index (χ2n) is 5.52. The zero-order chi connectivity index (χ0) is 16.3. The van der Waals surface area contributed by atoms with E-state index in [1.54, 1.807) is 36.1 Å². The van der Waals surface area contributed by atoms with Crippen LogP contribution in [-0.2, 0) is 14.8 Å². The smallest absolute Gasteiger partial charge is 0.256 e. The van der Waals surface area contributed by atoms with Gasteiger partial charge in [-0.1, -0.05) is 12.1 Å². The molecule has 1 aliphatic rings. The van der Waals surface area contributed by atoms with Gasteiger partial charge >= 0.3 is 0 Å². The number of amides is 1. The van der Waals surface area contributed by atoms with E-state index in [2.05, 4.69) is 4.72 Å². The number of rotatable bonds is 4. The monoisotopic (exact) mass is 326 g/mol. The first-order valence-electron chi connectivity index (χ1n) is 7.36. The molecule has 1 aliphatic heterocycles. The minimum absolute atomic E-state index is 0.0350. The first-order chi connectivity index (χ1) is 10.3. The Hall–Kier alpha value is -1.60. The van der Waals surface area contributed by atoms with Gasteiger partial charge in [-0.3, -0.25) is 9.52 Å². The number of hydrogen-bond donors (Lipinski definition) is 1. The lowest BCUT2D eigenvalue weighted by Gasteiger charge is -2.35. The molecule has 1 amide bonds. The molecule has 0 bridgehead atoms. The number of nitrogens with zero attached hydrogens (tertiary/aromatic N) is 1. The van der Waals surface area contributed by atoms with E-state index in [4.69, 9.17) is 4.74 Å². The first kappa shape index (κ1) is 16.8. The molecule has 122 valence electrons. The predicted molar refractivity (Wildman–Crippen MR) is 85.4 cm³/mol. The number of morpholine rings is 1. The summed E-state index contributed by atoms with van der Waals surface area (Å²) >= 11 is 0. The molecule has 6 nitrogen and oxygen atoms in total. The van der Waals surface area contributed by atoms with Gasteiger partial charge in [0.1, 0.15) is 0 Å². The zero-order valence-electron chi connectivity index (χ0n) is 13.1. The molecule has 0 aliphatic carbocycles. The Morgan fingerprint density at radius 1 is 1.27 bits per heavy atom. The number of anilines is 1. The van der Waals surface area contributed by atoms with Crippen LogP contribution in [0.25, 0.3) is 0 Å². The van der Waals surface area contributed by atoms with Crippen LogP contribution in [-0.4, -0.2) is 50.3 Å². The van der Waals surface area contributed by atoms with Crippen molar-refractivity contribution in [3.8, 4) is 0 Å². The second-order valence-corrected chi connectivity index (χ2v) is 7.53. The highest BCUT2D eigenvalue weighted by atomic mass is 32.2. The van der Waals surface area contributed by atoms with E-state index in [1.807, 2.05) is 13.8 Å². The van der Waals surface area contributed by atoms with Crippen LogP contribution in [0.5, 0.6) is 0 Å². The molecular weight excluding hydrogens is 304 g/mol. The first-order valence-corrected chi connectivity index (χ1v) is 9.02. The number of benzene rings is 1. The van der Waals surface area contributed by atoms with Crippen molar-refractivity contribution in [3.63, 3.8) is 0 Å². The molecule has 1 fully saturated rings. The van der Waals surface area contributed by atoms with Crippen molar-refractivity contribution < 1.29 is 17.9 Å². The van der Waals surface area contributed by atoms with Crippen molar-refractivity contribution in [2.24, 2.45) is 0 Å². The van der Waals surface area contributed by atoms with Crippen LogP contribution in [0.1, 0.15) is 31.1 Å². The minimum Gasteiger partial charge on any atom is -0.372 e. The van der Waals surface area contributed by atoms with E-state index in [0.717, 1.165) is 0 Å². The Balaban J connectivity index is 2.26. The van der Waals surface area contributed by atoms with Gasteiger partial charge in [0.05, 0.1) is 29.2 Å². The summed E-state index contributed by atoms with van der Waals surface area (Å²) in [4.78, 5) is 14.4. The van der Waals surface area contributed by atoms with Crippen molar-refractivity contribution in [3.05, 3.63) is 29.8 Å². The number of nitrogens with one attached hydrogen (secondary N) is 1. The predicted octanol–water partition coefficient (Wildman–Crippen LogP) is 1.70. The molecule has 22 heavy (non-hydrogen) atoms. The van der Waals surface area contributed by atoms with Gasteiger partial charge in [-0.05, 0) is 32.9 Å². The third kappa shape index (κ3) is 3.98. The Morgan fingerprint density at radius 3 is 2.45 bits per heavy atom. The van der Waals surface area contributed by atoms with Gasteiger partial charge < -0.3 is 9.64 Å². The van der Waals surface area contributed by atoms with Crippen LogP contribution in [0.15, 0.2) is 24.3 Å². The van der Waals surface area contributed by atoms with Gasteiger partial charge in [0.15, 0.2) is 0 Å². The van der Waals surface area contributed by atoms with Gasteiger partial charge in [0.25, 0.3) is 5.91 Å². The fourth-order valence-electron chi connectivity index (χ4n) is 2.51. The lowest BCUT2D eigenvalue weighted by Crippen LogP contribution is -2.48. The summed E-state index contributed by atoms with van der Waals surface area (Å²) in [7, 11) is -3.43. The molecule has 2 rings (SSSR count). The molecule has 2 atom stereocenters. The van der Waals surface area contributed by atoms with Gasteiger partial charge in [-0.15, -0.1) is 0 Å². The third-order valence-electron chi connectivity index (χ3n) is 3.51. The summed E-state index contributed by atoms with van der Waals surface area (Å²) in [6.45, 7) is 6.39. The normalized spacial score (nSPS) is 22.4. The highest BCUT2D eigenvalue weighted by Gasteiger charge is 2.28. The third-order valence-corrected chi connectivity index (χ3v) is 4.80. The Kier molecular flexibility index (Phi) is 5.08.